The first-order valence-electron chi connectivity index (χ1n) is 5.36. The maximum absolute atomic E-state index is 11.3. The molecule has 1 aliphatic rings. The Morgan fingerprint density at radius 3 is 2.79 bits per heavy atom. The molecule has 0 unspecified atom stereocenters. The minimum Gasteiger partial charge on any atom is -0.369 e. The molecule has 1 saturated carbocycles. The van der Waals surface area contributed by atoms with Crippen LogP contribution in [0.1, 0.15) is 26.7 Å². The lowest BCUT2D eigenvalue weighted by Gasteiger charge is -2.11. The van der Waals surface area contributed by atoms with Crippen LogP contribution in [0.2, 0.25) is 0 Å². The number of amides is 1. The van der Waals surface area contributed by atoms with Gasteiger partial charge in [0.15, 0.2) is 0 Å². The summed E-state index contributed by atoms with van der Waals surface area (Å²) in [6.45, 7) is 5.78. The monoisotopic (exact) mass is 200 g/mol. The fraction of sp³-hybridized carbons (Fsp3) is 0.900. The van der Waals surface area contributed by atoms with E-state index in [4.69, 9.17) is 4.74 Å². The number of carbonyl (C=O) groups is 1. The average Bonchev–Trinajstić information content (AvgIpc) is 2.96. The molecule has 0 aliphatic heterocycles. The minimum atomic E-state index is -0.332. The van der Waals surface area contributed by atoms with Gasteiger partial charge in [-0.05, 0) is 26.7 Å². The van der Waals surface area contributed by atoms with Crippen molar-refractivity contribution in [2.75, 3.05) is 19.7 Å². The van der Waals surface area contributed by atoms with Crippen molar-refractivity contribution in [1.82, 2.24) is 10.6 Å². The van der Waals surface area contributed by atoms with Crippen molar-refractivity contribution < 1.29 is 9.53 Å². The van der Waals surface area contributed by atoms with Gasteiger partial charge in [0.1, 0.15) is 6.10 Å². The summed E-state index contributed by atoms with van der Waals surface area (Å²) < 4.78 is 5.16. The molecule has 4 heteroatoms. The van der Waals surface area contributed by atoms with Gasteiger partial charge in [0.2, 0.25) is 5.91 Å². The molecular weight excluding hydrogens is 180 g/mol. The van der Waals surface area contributed by atoms with Crippen LogP contribution in [-0.2, 0) is 9.53 Å². The predicted octanol–water partition coefficient (Wildman–Crippen LogP) is 0.280. The van der Waals surface area contributed by atoms with Crippen LogP contribution in [0.25, 0.3) is 0 Å². The standard InChI is InChI=1S/C10H20N2O2/c1-3-14-8(2)10(13)12-7-6-11-9-4-5-9/h8-9,11H,3-7H2,1-2H3,(H,12,13)/t8-/m0/s1. The van der Waals surface area contributed by atoms with Crippen LogP contribution < -0.4 is 10.6 Å². The highest BCUT2D eigenvalue weighted by Crippen LogP contribution is 2.17. The zero-order valence-electron chi connectivity index (χ0n) is 9.01. The maximum atomic E-state index is 11.3. The van der Waals surface area contributed by atoms with Gasteiger partial charge in [0.05, 0.1) is 0 Å². The smallest absolute Gasteiger partial charge is 0.248 e. The van der Waals surface area contributed by atoms with Gasteiger partial charge in [0, 0.05) is 25.7 Å². The minimum absolute atomic E-state index is 0.0237. The fourth-order valence-corrected chi connectivity index (χ4v) is 1.22. The van der Waals surface area contributed by atoms with Crippen LogP contribution in [0.15, 0.2) is 0 Å². The summed E-state index contributed by atoms with van der Waals surface area (Å²) in [4.78, 5) is 11.3. The lowest BCUT2D eigenvalue weighted by molar-refractivity contribution is -0.131. The van der Waals surface area contributed by atoms with Crippen LogP contribution in [0, 0.1) is 0 Å². The van der Waals surface area contributed by atoms with E-state index in [1.807, 2.05) is 6.92 Å². The van der Waals surface area contributed by atoms with Gasteiger partial charge < -0.3 is 15.4 Å². The molecule has 0 aromatic heterocycles. The normalized spacial score (nSPS) is 17.9. The second-order valence-electron chi connectivity index (χ2n) is 3.62. The number of nitrogens with one attached hydrogen (secondary N) is 2. The second-order valence-corrected chi connectivity index (χ2v) is 3.62. The molecule has 0 bridgehead atoms. The van der Waals surface area contributed by atoms with Crippen molar-refractivity contribution in [3.05, 3.63) is 0 Å². The number of hydrogen-bond acceptors (Lipinski definition) is 3. The summed E-state index contributed by atoms with van der Waals surface area (Å²) in [5, 5.41) is 6.15. The second kappa shape index (κ2) is 5.98. The molecule has 0 radical (unpaired) electrons. The molecule has 0 saturated heterocycles. The number of rotatable bonds is 7. The van der Waals surface area contributed by atoms with Crippen LogP contribution in [-0.4, -0.2) is 37.7 Å². The van der Waals surface area contributed by atoms with E-state index in [1.165, 1.54) is 12.8 Å². The van der Waals surface area contributed by atoms with E-state index < -0.39 is 0 Å². The molecule has 1 fully saturated rings. The molecule has 1 atom stereocenters. The molecule has 0 aromatic carbocycles. The Kier molecular flexibility index (Phi) is 4.90. The van der Waals surface area contributed by atoms with Crippen molar-refractivity contribution in [2.45, 2.75) is 38.8 Å². The molecule has 0 heterocycles. The van der Waals surface area contributed by atoms with Gasteiger partial charge in [0.25, 0.3) is 0 Å². The topological polar surface area (TPSA) is 50.4 Å². The lowest BCUT2D eigenvalue weighted by atomic mass is 10.3. The zero-order chi connectivity index (χ0) is 10.4. The molecular formula is C10H20N2O2. The van der Waals surface area contributed by atoms with Gasteiger partial charge in [-0.15, -0.1) is 0 Å². The van der Waals surface area contributed by atoms with Crippen LogP contribution in [0.5, 0.6) is 0 Å². The fourth-order valence-electron chi connectivity index (χ4n) is 1.22. The van der Waals surface area contributed by atoms with Crippen molar-refractivity contribution in [3.8, 4) is 0 Å². The summed E-state index contributed by atoms with van der Waals surface area (Å²) >= 11 is 0. The molecule has 4 nitrogen and oxygen atoms in total. The first-order chi connectivity index (χ1) is 6.74. The average molecular weight is 200 g/mol. The van der Waals surface area contributed by atoms with Crippen molar-refractivity contribution >= 4 is 5.91 Å². The van der Waals surface area contributed by atoms with E-state index in [1.54, 1.807) is 6.92 Å². The first kappa shape index (κ1) is 11.5. The quantitative estimate of drug-likeness (QED) is 0.580. The Morgan fingerprint density at radius 2 is 2.21 bits per heavy atom. The predicted molar refractivity (Wildman–Crippen MR) is 55.1 cm³/mol. The zero-order valence-corrected chi connectivity index (χ0v) is 9.01. The Hall–Kier alpha value is -0.610. The van der Waals surface area contributed by atoms with Gasteiger partial charge >= 0.3 is 0 Å². The molecule has 1 aliphatic carbocycles. The third-order valence-electron chi connectivity index (χ3n) is 2.22. The highest BCUT2D eigenvalue weighted by atomic mass is 16.5. The summed E-state index contributed by atoms with van der Waals surface area (Å²) in [7, 11) is 0. The number of ether oxygens (including phenoxy) is 1. The Morgan fingerprint density at radius 1 is 1.50 bits per heavy atom. The Labute approximate surface area is 85.4 Å². The van der Waals surface area contributed by atoms with E-state index in [9.17, 15) is 4.79 Å². The molecule has 1 rings (SSSR count). The van der Waals surface area contributed by atoms with Crippen LogP contribution in [0.4, 0.5) is 0 Å². The third kappa shape index (κ3) is 4.58. The summed E-state index contributed by atoms with van der Waals surface area (Å²) in [6, 6.07) is 0.705. The number of hydrogen-bond donors (Lipinski definition) is 2. The van der Waals surface area contributed by atoms with Gasteiger partial charge in [-0.25, -0.2) is 0 Å². The molecule has 82 valence electrons. The molecule has 0 aromatic rings. The third-order valence-corrected chi connectivity index (χ3v) is 2.22. The lowest BCUT2D eigenvalue weighted by Crippen LogP contribution is -2.38. The Balaban J connectivity index is 1.95. The summed E-state index contributed by atoms with van der Waals surface area (Å²) in [6.07, 6.45) is 2.23. The van der Waals surface area contributed by atoms with E-state index in [2.05, 4.69) is 10.6 Å². The van der Waals surface area contributed by atoms with Crippen molar-refractivity contribution in [3.63, 3.8) is 0 Å². The maximum Gasteiger partial charge on any atom is 0.248 e. The highest BCUT2D eigenvalue weighted by molar-refractivity contribution is 5.80. The molecule has 2 N–H and O–H groups in total. The van der Waals surface area contributed by atoms with E-state index in [0.29, 0.717) is 19.2 Å². The largest absolute Gasteiger partial charge is 0.369 e. The van der Waals surface area contributed by atoms with Crippen molar-refractivity contribution in [2.24, 2.45) is 0 Å². The van der Waals surface area contributed by atoms with Gasteiger partial charge in [-0.1, -0.05) is 0 Å². The van der Waals surface area contributed by atoms with Crippen LogP contribution >= 0.6 is 0 Å². The summed E-state index contributed by atoms with van der Waals surface area (Å²) in [5.41, 5.74) is 0. The molecule has 14 heavy (non-hydrogen) atoms. The van der Waals surface area contributed by atoms with E-state index >= 15 is 0 Å². The van der Waals surface area contributed by atoms with Gasteiger partial charge in [-0.2, -0.15) is 0 Å². The van der Waals surface area contributed by atoms with Crippen molar-refractivity contribution in [1.29, 1.82) is 0 Å². The Bertz CT molecular complexity index is 181. The molecule has 1 amide bonds. The SMILES string of the molecule is CCO[C@@H](C)C(=O)NCCNC1CC1. The first-order valence-corrected chi connectivity index (χ1v) is 5.36. The number of carbonyl (C=O) groups excluding carboxylic acids is 1. The van der Waals surface area contributed by atoms with E-state index in [0.717, 1.165) is 6.54 Å². The van der Waals surface area contributed by atoms with E-state index in [-0.39, 0.29) is 12.0 Å². The van der Waals surface area contributed by atoms with Gasteiger partial charge in [-0.3, -0.25) is 4.79 Å². The summed E-state index contributed by atoms with van der Waals surface area (Å²) in [5.74, 6) is -0.0237. The highest BCUT2D eigenvalue weighted by Gasteiger charge is 2.19. The van der Waals surface area contributed by atoms with Crippen LogP contribution in [0.3, 0.4) is 0 Å². The molecule has 0 spiro atoms.